The van der Waals surface area contributed by atoms with Crippen molar-refractivity contribution in [2.75, 3.05) is 13.2 Å². The lowest BCUT2D eigenvalue weighted by Gasteiger charge is -2.12. The molecule has 8 bridgehead atoms. The van der Waals surface area contributed by atoms with Crippen molar-refractivity contribution < 1.29 is 19.4 Å². The van der Waals surface area contributed by atoms with Crippen molar-refractivity contribution in [3.05, 3.63) is 88.0 Å². The zero-order valence-electron chi connectivity index (χ0n) is 26.0. The molecule has 1 N–H and O–H groups in total. The molecule has 0 atom stereocenters. The summed E-state index contributed by atoms with van der Waals surface area (Å²) in [6.45, 7) is 1.62. The third-order valence-electron chi connectivity index (χ3n) is 8.91. The first-order valence-corrected chi connectivity index (χ1v) is 18.0. The van der Waals surface area contributed by atoms with Crippen LogP contribution < -0.4 is 9.47 Å². The predicted molar refractivity (Wildman–Crippen MR) is 187 cm³/mol. The topological polar surface area (TPSA) is 96.3 Å². The van der Waals surface area contributed by atoms with Crippen molar-refractivity contribution >= 4 is 62.8 Å². The van der Waals surface area contributed by atoms with Crippen LogP contribution in [-0.2, 0) is 44.3 Å². The summed E-state index contributed by atoms with van der Waals surface area (Å²) < 4.78 is 18.2. The summed E-state index contributed by atoms with van der Waals surface area (Å²) in [6.07, 6.45) is 1.16. The number of nitrogens with zero attached hydrogens (tertiary/aromatic N) is 5. The monoisotopic (exact) mass is 685 g/mol. The number of fused-ring (bicyclic) bond motifs is 10. The van der Waals surface area contributed by atoms with Gasteiger partial charge in [0.2, 0.25) is 5.88 Å². The summed E-state index contributed by atoms with van der Waals surface area (Å²) in [4.78, 5) is 13.9. The number of thioether (sulfide) groups is 2. The second-order valence-electron chi connectivity index (χ2n) is 11.8. The first-order valence-electron chi connectivity index (χ1n) is 15.5. The summed E-state index contributed by atoms with van der Waals surface area (Å²) in [5, 5.41) is 23.8. The molecule has 12 heteroatoms. The molecule has 2 aliphatic heterocycles. The zero-order chi connectivity index (χ0) is 32.2. The van der Waals surface area contributed by atoms with E-state index in [0.29, 0.717) is 55.0 Å². The van der Waals surface area contributed by atoms with Crippen LogP contribution in [0.15, 0.2) is 59.5 Å². The lowest BCUT2D eigenvalue weighted by Crippen LogP contribution is -2.09. The Bertz CT molecular complexity index is 2200. The number of aryl methyl sites for hydroxylation is 3. The van der Waals surface area contributed by atoms with E-state index in [1.165, 1.54) is 0 Å². The van der Waals surface area contributed by atoms with Crippen LogP contribution >= 0.6 is 35.1 Å². The number of aromatic nitrogens is 5. The Kier molecular flexibility index (Phi) is 7.85. The number of hydrogen-bond donors (Lipinski definition) is 1. The minimum Gasteiger partial charge on any atom is -0.493 e. The molecule has 0 unspecified atom stereocenters. The van der Waals surface area contributed by atoms with Crippen LogP contribution in [0.3, 0.4) is 0 Å². The van der Waals surface area contributed by atoms with Gasteiger partial charge < -0.3 is 19.1 Å². The van der Waals surface area contributed by atoms with E-state index in [2.05, 4.69) is 30.3 Å². The Labute approximate surface area is 284 Å². The van der Waals surface area contributed by atoms with Crippen molar-refractivity contribution in [3.8, 4) is 22.8 Å². The number of aromatic carboxylic acids is 1. The molecular formula is C35H32ClN5O4S2. The van der Waals surface area contributed by atoms with Gasteiger partial charge in [-0.2, -0.15) is 10.2 Å². The largest absolute Gasteiger partial charge is 0.493 e. The number of benzene rings is 3. The number of ether oxygens (including phenoxy) is 2. The van der Waals surface area contributed by atoms with E-state index in [0.717, 1.165) is 71.8 Å². The Hall–Kier alpha value is -4.06. The average Bonchev–Trinajstić information content (AvgIpc) is 3.80. The molecule has 0 fully saturated rings. The molecule has 0 aliphatic carbocycles. The minimum atomic E-state index is -0.978. The molecule has 2 aliphatic rings. The Morgan fingerprint density at radius 3 is 2.70 bits per heavy atom. The van der Waals surface area contributed by atoms with E-state index in [1.54, 1.807) is 35.1 Å². The van der Waals surface area contributed by atoms with Gasteiger partial charge in [-0.05, 0) is 48.1 Å². The fourth-order valence-electron chi connectivity index (χ4n) is 6.81. The molecule has 47 heavy (non-hydrogen) atoms. The second kappa shape index (κ2) is 12.2. The quantitative estimate of drug-likeness (QED) is 0.188. The van der Waals surface area contributed by atoms with Crippen molar-refractivity contribution in [2.45, 2.75) is 41.5 Å². The van der Waals surface area contributed by atoms with Gasteiger partial charge in [0, 0.05) is 58.3 Å². The van der Waals surface area contributed by atoms with Gasteiger partial charge in [-0.3, -0.25) is 4.68 Å². The normalized spacial score (nSPS) is 15.2. The van der Waals surface area contributed by atoms with Crippen molar-refractivity contribution in [1.29, 1.82) is 0 Å². The maximum Gasteiger partial charge on any atom is 0.352 e. The number of hydrogen-bond acceptors (Lipinski definition) is 7. The van der Waals surface area contributed by atoms with Gasteiger partial charge in [0.15, 0.2) is 0 Å². The SMILES string of the molecule is Cn1nc2cc1CSc1cc(c3ccccc3c1)OCCCc1c(C(=O)O)n(C)c3c(c(Cl)ccc13)-c1c(nn3c1OCC3)CSC2. The van der Waals surface area contributed by atoms with Gasteiger partial charge in [0.05, 0.1) is 40.6 Å². The number of rotatable bonds is 1. The molecule has 8 rings (SSSR count). The molecule has 6 aromatic rings. The maximum absolute atomic E-state index is 12.8. The van der Waals surface area contributed by atoms with Gasteiger partial charge in [0.1, 0.15) is 18.1 Å². The Morgan fingerprint density at radius 2 is 1.83 bits per heavy atom. The highest BCUT2D eigenvalue weighted by Gasteiger charge is 2.31. The summed E-state index contributed by atoms with van der Waals surface area (Å²) in [5.41, 5.74) is 6.37. The minimum absolute atomic E-state index is 0.251. The second-order valence-corrected chi connectivity index (χ2v) is 14.3. The Morgan fingerprint density at radius 1 is 0.957 bits per heavy atom. The van der Waals surface area contributed by atoms with Crippen LogP contribution in [0.4, 0.5) is 0 Å². The van der Waals surface area contributed by atoms with Crippen LogP contribution in [-0.4, -0.2) is 48.4 Å². The van der Waals surface area contributed by atoms with Gasteiger partial charge in [-0.25, -0.2) is 9.48 Å². The molecule has 5 heterocycles. The molecule has 9 nitrogen and oxygen atoms in total. The molecule has 0 saturated heterocycles. The number of carboxylic acids is 1. The summed E-state index contributed by atoms with van der Waals surface area (Å²) in [7, 11) is 3.80. The fraction of sp³-hybridized carbons (Fsp3) is 0.286. The van der Waals surface area contributed by atoms with Gasteiger partial charge >= 0.3 is 5.97 Å². The summed E-state index contributed by atoms with van der Waals surface area (Å²) in [5.74, 6) is 2.63. The fourth-order valence-corrected chi connectivity index (χ4v) is 8.89. The standard InChI is InChI=1S/C35H32ClN5O4S2/c1-39-32-26-9-10-27(36)30(32)31-28(38-41-11-13-45-34(31)41)19-46-17-21-15-22(40(2)37-21)18-47-23-14-20-6-3-4-7-24(20)29(16-23)44-12-5-8-25(26)33(39)35(42)43/h3-4,6-7,9-10,14-16H,5,8,11-13,17-19H2,1-2H3,(H,42,43). The van der Waals surface area contributed by atoms with Gasteiger partial charge in [0.25, 0.3) is 0 Å². The molecule has 0 spiro atoms. The highest BCUT2D eigenvalue weighted by atomic mass is 35.5. The van der Waals surface area contributed by atoms with Crippen LogP contribution in [0, 0.1) is 0 Å². The van der Waals surface area contributed by atoms with Crippen molar-refractivity contribution in [2.24, 2.45) is 14.1 Å². The van der Waals surface area contributed by atoms with E-state index in [4.69, 9.17) is 31.3 Å². The van der Waals surface area contributed by atoms with Crippen molar-refractivity contribution in [1.82, 2.24) is 24.1 Å². The lowest BCUT2D eigenvalue weighted by molar-refractivity contribution is 0.0685. The highest BCUT2D eigenvalue weighted by molar-refractivity contribution is 7.98. The van der Waals surface area contributed by atoms with E-state index in [9.17, 15) is 9.90 Å². The Balaban J connectivity index is 1.26. The van der Waals surface area contributed by atoms with E-state index < -0.39 is 5.97 Å². The third-order valence-corrected chi connectivity index (χ3v) is 11.2. The van der Waals surface area contributed by atoms with E-state index >= 15 is 0 Å². The molecule has 0 amide bonds. The van der Waals surface area contributed by atoms with Crippen LogP contribution in [0.2, 0.25) is 5.02 Å². The van der Waals surface area contributed by atoms with Gasteiger partial charge in [-0.1, -0.05) is 41.9 Å². The average molecular weight is 686 g/mol. The summed E-state index contributed by atoms with van der Waals surface area (Å²) in [6, 6.07) is 18.5. The van der Waals surface area contributed by atoms with E-state index in [-0.39, 0.29) is 5.69 Å². The van der Waals surface area contributed by atoms with Crippen LogP contribution in [0.25, 0.3) is 32.8 Å². The smallest absolute Gasteiger partial charge is 0.352 e. The van der Waals surface area contributed by atoms with Crippen LogP contribution in [0.5, 0.6) is 11.6 Å². The molecular weight excluding hydrogens is 654 g/mol. The lowest BCUT2D eigenvalue weighted by atomic mass is 9.99. The number of halogens is 1. The summed E-state index contributed by atoms with van der Waals surface area (Å²) >= 11 is 10.5. The highest BCUT2D eigenvalue weighted by Crippen LogP contribution is 2.46. The predicted octanol–water partition coefficient (Wildman–Crippen LogP) is 7.72. The zero-order valence-corrected chi connectivity index (χ0v) is 28.3. The number of carboxylic acid groups (broad SMARTS) is 1. The molecule has 3 aromatic carbocycles. The maximum atomic E-state index is 12.8. The third kappa shape index (κ3) is 5.34. The van der Waals surface area contributed by atoms with Crippen molar-refractivity contribution in [3.63, 3.8) is 0 Å². The molecule has 0 saturated carbocycles. The molecule has 240 valence electrons. The van der Waals surface area contributed by atoms with Crippen LogP contribution in [0.1, 0.15) is 39.6 Å². The van der Waals surface area contributed by atoms with E-state index in [1.807, 2.05) is 40.7 Å². The first-order chi connectivity index (χ1) is 22.9. The number of carbonyl (C=O) groups is 1. The first kappa shape index (κ1) is 30.3. The molecule has 0 radical (unpaired) electrons. The van der Waals surface area contributed by atoms with Gasteiger partial charge in [-0.15, -0.1) is 23.5 Å². The molecule has 3 aromatic heterocycles.